The second-order valence-corrected chi connectivity index (χ2v) is 12.4. The Morgan fingerprint density at radius 1 is 1.03 bits per heavy atom. The highest BCUT2D eigenvalue weighted by Gasteiger charge is 2.47. The summed E-state index contributed by atoms with van der Waals surface area (Å²) in [6, 6.07) is 12.1. The van der Waals surface area contributed by atoms with Crippen molar-refractivity contribution in [1.82, 2.24) is 10.1 Å². The van der Waals surface area contributed by atoms with Crippen molar-refractivity contribution in [2.24, 2.45) is 11.8 Å². The van der Waals surface area contributed by atoms with Crippen molar-refractivity contribution >= 4 is 29.2 Å². The van der Waals surface area contributed by atoms with Crippen LogP contribution < -0.4 is 0 Å². The molecule has 8 heteroatoms. The largest absolute Gasteiger partial charge is 0.465 e. The summed E-state index contributed by atoms with van der Waals surface area (Å²) in [5.74, 6) is 2.30. The summed E-state index contributed by atoms with van der Waals surface area (Å²) in [7, 11) is 1.43. The molecule has 39 heavy (non-hydrogen) atoms. The number of rotatable bonds is 7. The van der Waals surface area contributed by atoms with E-state index >= 15 is 0 Å². The first kappa shape index (κ1) is 25.6. The van der Waals surface area contributed by atoms with Gasteiger partial charge in [0, 0.05) is 36.2 Å². The van der Waals surface area contributed by atoms with Crippen molar-refractivity contribution in [3.8, 4) is 11.3 Å². The van der Waals surface area contributed by atoms with Crippen LogP contribution in [0, 0.1) is 11.8 Å². The molecule has 204 valence electrons. The number of hydrogen-bond donors (Lipinski definition) is 0. The first-order valence-electron chi connectivity index (χ1n) is 14.0. The molecule has 0 N–H and O–H groups in total. The first-order valence-corrected chi connectivity index (χ1v) is 14.7. The average molecular weight is 568 g/mol. The molecule has 0 radical (unpaired) electrons. The van der Waals surface area contributed by atoms with Crippen LogP contribution in [0.4, 0.5) is 0 Å². The fourth-order valence-corrected chi connectivity index (χ4v) is 7.88. The standard InChI is InChI=1S/C31H32Cl2N2O4/c1-37-31(36)20-9-10-21-14-35(15-22(21)11-20)29-18-7-8-19(29)13-23(12-18)38-16-24-28(34-39-30(24)17-5-6-17)27-25(32)3-2-4-26(27)33/h2-4,9-11,17-19,23,29H,5-8,12-16H2,1H3/t18-,19+,23+,29+. The molecular weight excluding hydrogens is 535 g/mol. The number of carbonyl (C=O) groups is 1. The number of esters is 1. The molecule has 2 heterocycles. The zero-order chi connectivity index (χ0) is 26.7. The molecule has 3 saturated carbocycles. The highest BCUT2D eigenvalue weighted by atomic mass is 35.5. The fraction of sp³-hybridized carbons (Fsp3) is 0.484. The number of carbonyl (C=O) groups excluding carboxylic acids is 1. The summed E-state index contributed by atoms with van der Waals surface area (Å²) in [5, 5.41) is 5.57. The lowest BCUT2D eigenvalue weighted by Crippen LogP contribution is -2.44. The van der Waals surface area contributed by atoms with Crippen molar-refractivity contribution in [2.75, 3.05) is 7.11 Å². The average Bonchev–Trinajstić information content (AvgIpc) is 3.46. The van der Waals surface area contributed by atoms with Crippen LogP contribution in [0.15, 0.2) is 40.9 Å². The van der Waals surface area contributed by atoms with Crippen LogP contribution in [-0.2, 0) is 29.2 Å². The second-order valence-electron chi connectivity index (χ2n) is 11.6. The Morgan fingerprint density at radius 2 is 1.74 bits per heavy atom. The van der Waals surface area contributed by atoms with Crippen LogP contribution >= 0.6 is 23.2 Å². The maximum Gasteiger partial charge on any atom is 0.337 e. The normalized spacial score (nSPS) is 26.1. The molecule has 1 aromatic heterocycles. The minimum atomic E-state index is -0.272. The van der Waals surface area contributed by atoms with Gasteiger partial charge in [0.15, 0.2) is 0 Å². The van der Waals surface area contributed by atoms with E-state index in [-0.39, 0.29) is 12.1 Å². The molecular formula is C31H32Cl2N2O4. The second kappa shape index (κ2) is 10.2. The van der Waals surface area contributed by atoms with Gasteiger partial charge in [-0.1, -0.05) is 40.5 Å². The summed E-state index contributed by atoms with van der Waals surface area (Å²) in [4.78, 5) is 14.6. The molecule has 1 aliphatic heterocycles. The molecule has 0 amide bonds. The van der Waals surface area contributed by atoms with Gasteiger partial charge in [-0.15, -0.1) is 0 Å². The molecule has 2 bridgehead atoms. The zero-order valence-electron chi connectivity index (χ0n) is 22.0. The van der Waals surface area contributed by atoms with Gasteiger partial charge in [-0.05, 0) is 85.8 Å². The summed E-state index contributed by atoms with van der Waals surface area (Å²) >= 11 is 13.1. The van der Waals surface area contributed by atoms with E-state index in [2.05, 4.69) is 16.1 Å². The number of ether oxygens (including phenoxy) is 2. The molecule has 4 aliphatic rings. The Balaban J connectivity index is 1.05. The van der Waals surface area contributed by atoms with E-state index in [0.29, 0.717) is 51.7 Å². The van der Waals surface area contributed by atoms with Crippen LogP contribution in [0.1, 0.15) is 77.3 Å². The van der Waals surface area contributed by atoms with Crippen molar-refractivity contribution in [1.29, 1.82) is 0 Å². The van der Waals surface area contributed by atoms with Crippen LogP contribution in [0.5, 0.6) is 0 Å². The smallest absolute Gasteiger partial charge is 0.337 e. The number of nitrogens with zero attached hydrogens (tertiary/aromatic N) is 2. The third-order valence-electron chi connectivity index (χ3n) is 9.23. The lowest BCUT2D eigenvalue weighted by Gasteiger charge is -2.40. The van der Waals surface area contributed by atoms with Gasteiger partial charge >= 0.3 is 5.97 Å². The molecule has 3 aromatic rings. The Bertz CT molecular complexity index is 1380. The number of methoxy groups -OCH3 is 1. The zero-order valence-corrected chi connectivity index (χ0v) is 23.5. The van der Waals surface area contributed by atoms with E-state index in [9.17, 15) is 4.79 Å². The highest BCUT2D eigenvalue weighted by molar-refractivity contribution is 6.39. The van der Waals surface area contributed by atoms with Gasteiger partial charge in [-0.25, -0.2) is 4.79 Å². The van der Waals surface area contributed by atoms with Crippen molar-refractivity contribution in [3.05, 3.63) is 74.5 Å². The monoisotopic (exact) mass is 566 g/mol. The number of halogens is 2. The summed E-state index contributed by atoms with van der Waals surface area (Å²) < 4.78 is 17.4. The molecule has 2 aromatic carbocycles. The minimum Gasteiger partial charge on any atom is -0.465 e. The number of fused-ring (bicyclic) bond motifs is 3. The Morgan fingerprint density at radius 3 is 2.44 bits per heavy atom. The van der Waals surface area contributed by atoms with E-state index in [1.54, 1.807) is 0 Å². The van der Waals surface area contributed by atoms with E-state index in [4.69, 9.17) is 37.2 Å². The quantitative estimate of drug-likeness (QED) is 0.277. The van der Waals surface area contributed by atoms with Crippen molar-refractivity contribution in [2.45, 2.75) is 76.3 Å². The number of hydrogen-bond acceptors (Lipinski definition) is 6. The third kappa shape index (κ3) is 4.69. The number of benzene rings is 2. The van der Waals surface area contributed by atoms with Gasteiger partial charge in [0.25, 0.3) is 0 Å². The van der Waals surface area contributed by atoms with E-state index in [0.717, 1.165) is 55.7 Å². The third-order valence-corrected chi connectivity index (χ3v) is 9.86. The van der Waals surface area contributed by atoms with Crippen LogP contribution in [0.2, 0.25) is 10.0 Å². The van der Waals surface area contributed by atoms with Crippen LogP contribution in [0.3, 0.4) is 0 Å². The van der Waals surface area contributed by atoms with E-state index in [1.165, 1.54) is 31.1 Å². The van der Waals surface area contributed by atoms with E-state index in [1.807, 2.05) is 30.3 Å². The maximum absolute atomic E-state index is 12.0. The van der Waals surface area contributed by atoms with Crippen LogP contribution in [0.25, 0.3) is 11.3 Å². The van der Waals surface area contributed by atoms with Crippen molar-refractivity contribution < 1.29 is 18.8 Å². The minimum absolute atomic E-state index is 0.214. The summed E-state index contributed by atoms with van der Waals surface area (Å²) in [6.45, 7) is 2.32. The Labute approximate surface area is 238 Å². The Kier molecular flexibility index (Phi) is 6.71. The molecule has 3 fully saturated rings. The van der Waals surface area contributed by atoms with Gasteiger partial charge in [0.1, 0.15) is 11.5 Å². The molecule has 0 unspecified atom stereocenters. The van der Waals surface area contributed by atoms with E-state index < -0.39 is 0 Å². The first-order chi connectivity index (χ1) is 19.0. The van der Waals surface area contributed by atoms with Crippen LogP contribution in [-0.4, -0.2) is 35.3 Å². The fourth-order valence-electron chi connectivity index (χ4n) is 7.30. The lowest BCUT2D eigenvalue weighted by molar-refractivity contribution is -0.0334. The predicted molar refractivity (Wildman–Crippen MR) is 149 cm³/mol. The molecule has 6 nitrogen and oxygen atoms in total. The van der Waals surface area contributed by atoms with Gasteiger partial charge < -0.3 is 14.0 Å². The van der Waals surface area contributed by atoms with Crippen molar-refractivity contribution in [3.63, 3.8) is 0 Å². The topological polar surface area (TPSA) is 64.8 Å². The molecule has 0 spiro atoms. The maximum atomic E-state index is 12.0. The van der Waals surface area contributed by atoms with Gasteiger partial charge in [0.05, 0.1) is 35.4 Å². The summed E-state index contributed by atoms with van der Waals surface area (Å²) in [6.07, 6.45) is 7.07. The van der Waals surface area contributed by atoms with Gasteiger partial charge in [0.2, 0.25) is 0 Å². The molecule has 0 saturated heterocycles. The highest BCUT2D eigenvalue weighted by Crippen LogP contribution is 2.49. The predicted octanol–water partition coefficient (Wildman–Crippen LogP) is 7.40. The Hall–Kier alpha value is -2.38. The SMILES string of the molecule is COC(=O)c1ccc2c(c1)CN([C@H]1[C@@H]3CC[C@H]1C[C@@H](OCc1c(-c4c(Cl)cccc4Cl)noc1C1CC1)C3)C2. The number of aromatic nitrogens is 1. The lowest BCUT2D eigenvalue weighted by atomic mass is 9.81. The summed E-state index contributed by atoms with van der Waals surface area (Å²) in [5.41, 5.74) is 5.65. The molecule has 4 atom stereocenters. The van der Waals surface area contributed by atoms with Gasteiger partial charge in [-0.2, -0.15) is 0 Å². The molecule has 3 aliphatic carbocycles. The molecule has 7 rings (SSSR count). The van der Waals surface area contributed by atoms with Gasteiger partial charge in [-0.3, -0.25) is 4.90 Å².